The molecule has 4 rings (SSSR count). The number of carbonyl (C=O) groups is 1. The number of carbonyl (C=O) groups excluding carboxylic acids is 1. The van der Waals surface area contributed by atoms with Gasteiger partial charge in [0.15, 0.2) is 6.10 Å². The Morgan fingerprint density at radius 1 is 1.08 bits per heavy atom. The number of likely N-dealkylation sites (N-methyl/N-ethyl adjacent to an activating group) is 1. The van der Waals surface area contributed by atoms with Gasteiger partial charge in [-0.25, -0.2) is 9.75 Å². The maximum atomic E-state index is 13.0. The number of amides is 1. The van der Waals surface area contributed by atoms with E-state index in [1.807, 2.05) is 30.3 Å². The van der Waals surface area contributed by atoms with Crippen molar-refractivity contribution in [2.24, 2.45) is 0 Å². The second-order valence-corrected chi connectivity index (χ2v) is 8.42. The summed E-state index contributed by atoms with van der Waals surface area (Å²) >= 11 is 3.46. The molecule has 4 aromatic rings. The lowest BCUT2D eigenvalue weighted by molar-refractivity contribution is -0.194. The molecule has 2 aromatic heterocycles. The van der Waals surface area contributed by atoms with Gasteiger partial charge in [-0.2, -0.15) is 0 Å². The number of hydroxylamine groups is 2. The average Bonchev–Trinajstić information content (AvgIpc) is 3.61. The van der Waals surface area contributed by atoms with Gasteiger partial charge in [0.05, 0.1) is 32.3 Å². The van der Waals surface area contributed by atoms with Crippen LogP contribution in [0.5, 0.6) is 11.5 Å². The lowest BCUT2D eigenvalue weighted by Crippen LogP contribution is -2.32. The number of methoxy groups -OCH3 is 3. The van der Waals surface area contributed by atoms with Crippen LogP contribution in [0.4, 0.5) is 0 Å². The van der Waals surface area contributed by atoms with Gasteiger partial charge < -0.3 is 18.6 Å². The van der Waals surface area contributed by atoms with Gasteiger partial charge >= 0.3 is 0 Å². The zero-order valence-electron chi connectivity index (χ0n) is 20.2. The predicted octanol–water partition coefficient (Wildman–Crippen LogP) is 4.58. The molecule has 0 aliphatic carbocycles. The van der Waals surface area contributed by atoms with Crippen LogP contribution in [0.25, 0.3) is 17.0 Å². The van der Waals surface area contributed by atoms with Crippen molar-refractivity contribution >= 4 is 21.8 Å². The maximum absolute atomic E-state index is 13.0. The molecule has 0 aliphatic heterocycles. The van der Waals surface area contributed by atoms with Gasteiger partial charge in [0.25, 0.3) is 5.91 Å². The number of halogens is 1. The average molecular weight is 557 g/mol. The normalized spacial score (nSPS) is 11.8. The molecule has 36 heavy (non-hydrogen) atoms. The fourth-order valence-electron chi connectivity index (χ4n) is 3.54. The Balaban J connectivity index is 1.41. The zero-order chi connectivity index (χ0) is 25.7. The fraction of sp³-hybridized carbons (Fsp3) is 0.240. The van der Waals surface area contributed by atoms with Crippen molar-refractivity contribution in [2.45, 2.75) is 12.7 Å². The van der Waals surface area contributed by atoms with Crippen LogP contribution in [0.3, 0.4) is 0 Å². The first kappa shape index (κ1) is 25.4. The van der Waals surface area contributed by atoms with Gasteiger partial charge in [-0.05, 0) is 57.9 Å². The van der Waals surface area contributed by atoms with E-state index in [9.17, 15) is 4.79 Å². The standard InChI is InChI=1S/C25H25BrN4O6/c1-29(25(31)24(34-4)16-5-7-18(8-6-16)30-12-11-27-28-30)35-15-19-9-10-20(36-19)17-13-21(32-2)23(26)22(14-17)33-3/h5-14,24H,15H2,1-4H3. The first-order chi connectivity index (χ1) is 17.4. The van der Waals surface area contributed by atoms with E-state index in [1.54, 1.807) is 49.5 Å². The molecule has 1 amide bonds. The van der Waals surface area contributed by atoms with Crippen molar-refractivity contribution in [1.82, 2.24) is 20.1 Å². The molecule has 188 valence electrons. The molecule has 0 saturated carbocycles. The first-order valence-corrected chi connectivity index (χ1v) is 11.6. The molecular weight excluding hydrogens is 532 g/mol. The Labute approximate surface area is 216 Å². The quantitative estimate of drug-likeness (QED) is 0.261. The molecule has 0 aliphatic rings. The number of aromatic nitrogens is 3. The number of furan rings is 1. The van der Waals surface area contributed by atoms with Crippen molar-refractivity contribution in [3.05, 3.63) is 76.7 Å². The van der Waals surface area contributed by atoms with Gasteiger partial charge in [0, 0.05) is 19.7 Å². The highest BCUT2D eigenvalue weighted by atomic mass is 79.9. The van der Waals surface area contributed by atoms with E-state index in [2.05, 4.69) is 26.2 Å². The van der Waals surface area contributed by atoms with Crippen molar-refractivity contribution in [1.29, 1.82) is 0 Å². The van der Waals surface area contributed by atoms with Gasteiger partial charge in [0.1, 0.15) is 34.1 Å². The lowest BCUT2D eigenvalue weighted by Gasteiger charge is -2.22. The van der Waals surface area contributed by atoms with E-state index in [0.717, 1.165) is 16.3 Å². The van der Waals surface area contributed by atoms with Crippen molar-refractivity contribution in [2.75, 3.05) is 28.4 Å². The lowest BCUT2D eigenvalue weighted by atomic mass is 10.1. The van der Waals surface area contributed by atoms with Crippen LogP contribution in [0.2, 0.25) is 0 Å². The third kappa shape index (κ3) is 5.43. The van der Waals surface area contributed by atoms with E-state index in [1.165, 1.54) is 14.2 Å². The van der Waals surface area contributed by atoms with Crippen molar-refractivity contribution < 1.29 is 28.3 Å². The zero-order valence-corrected chi connectivity index (χ0v) is 21.8. The maximum Gasteiger partial charge on any atom is 0.279 e. The highest BCUT2D eigenvalue weighted by Gasteiger charge is 2.25. The van der Waals surface area contributed by atoms with E-state index in [-0.39, 0.29) is 12.5 Å². The summed E-state index contributed by atoms with van der Waals surface area (Å²) in [6.07, 6.45) is 2.49. The predicted molar refractivity (Wildman–Crippen MR) is 134 cm³/mol. The third-order valence-corrected chi connectivity index (χ3v) is 6.23. The smallest absolute Gasteiger partial charge is 0.279 e. The van der Waals surface area contributed by atoms with E-state index < -0.39 is 6.10 Å². The van der Waals surface area contributed by atoms with Crippen LogP contribution < -0.4 is 9.47 Å². The molecule has 1 unspecified atom stereocenters. The second kappa shape index (κ2) is 11.4. The number of rotatable bonds is 10. The molecule has 0 radical (unpaired) electrons. The molecule has 10 nitrogen and oxygen atoms in total. The summed E-state index contributed by atoms with van der Waals surface area (Å²) in [4.78, 5) is 18.7. The van der Waals surface area contributed by atoms with Gasteiger partial charge in [-0.15, -0.1) is 5.10 Å². The van der Waals surface area contributed by atoms with Crippen LogP contribution in [-0.4, -0.2) is 54.3 Å². The van der Waals surface area contributed by atoms with Gasteiger partial charge in [0.2, 0.25) is 0 Å². The summed E-state index contributed by atoms with van der Waals surface area (Å²) in [6, 6.07) is 14.5. The summed E-state index contributed by atoms with van der Waals surface area (Å²) < 4.78 is 24.5. The summed E-state index contributed by atoms with van der Waals surface area (Å²) in [5.74, 6) is 2.01. The minimum absolute atomic E-state index is 0.0503. The molecular formula is C25H25BrN4O6. The molecule has 0 bridgehead atoms. The molecule has 0 saturated heterocycles. The highest BCUT2D eigenvalue weighted by Crippen LogP contribution is 2.39. The molecule has 0 N–H and O–H groups in total. The Morgan fingerprint density at radius 3 is 2.36 bits per heavy atom. The molecule has 2 aromatic carbocycles. The minimum atomic E-state index is -0.838. The summed E-state index contributed by atoms with van der Waals surface area (Å²) in [6.45, 7) is 0.0503. The Kier molecular flexibility index (Phi) is 8.04. The summed E-state index contributed by atoms with van der Waals surface area (Å²) in [5, 5.41) is 8.90. The minimum Gasteiger partial charge on any atom is -0.495 e. The monoisotopic (exact) mass is 556 g/mol. The molecule has 11 heteroatoms. The van der Waals surface area contributed by atoms with Crippen LogP contribution in [0.15, 0.2) is 69.8 Å². The number of nitrogens with zero attached hydrogens (tertiary/aromatic N) is 4. The summed E-state index contributed by atoms with van der Waals surface area (Å²) in [5.41, 5.74) is 2.27. The molecule has 0 spiro atoms. The molecule has 1 atom stereocenters. The second-order valence-electron chi connectivity index (χ2n) is 7.62. The molecule has 0 fully saturated rings. The first-order valence-electron chi connectivity index (χ1n) is 10.9. The number of ether oxygens (including phenoxy) is 3. The van der Waals surface area contributed by atoms with E-state index >= 15 is 0 Å². The molecule has 2 heterocycles. The van der Waals surface area contributed by atoms with Gasteiger partial charge in [-0.1, -0.05) is 17.3 Å². The van der Waals surface area contributed by atoms with Gasteiger partial charge in [-0.3, -0.25) is 9.63 Å². The fourth-order valence-corrected chi connectivity index (χ4v) is 4.09. The highest BCUT2D eigenvalue weighted by molar-refractivity contribution is 9.10. The topological polar surface area (TPSA) is 101 Å². The van der Waals surface area contributed by atoms with Crippen LogP contribution in [0, 0.1) is 0 Å². The summed E-state index contributed by atoms with van der Waals surface area (Å²) in [7, 11) is 6.17. The van der Waals surface area contributed by atoms with E-state index in [4.69, 9.17) is 23.5 Å². The Morgan fingerprint density at radius 2 is 1.78 bits per heavy atom. The number of hydrogen-bond acceptors (Lipinski definition) is 8. The van der Waals surface area contributed by atoms with Crippen molar-refractivity contribution in [3.63, 3.8) is 0 Å². The number of benzene rings is 2. The SMILES string of the molecule is COc1cc(-c2ccc(CON(C)C(=O)C(OC)c3ccc(-n4ccnn4)cc3)o2)cc(OC)c1Br. The Hall–Kier alpha value is -3.67. The third-order valence-electron chi connectivity index (χ3n) is 5.45. The largest absolute Gasteiger partial charge is 0.495 e. The van der Waals surface area contributed by atoms with Crippen molar-refractivity contribution in [3.8, 4) is 28.5 Å². The Bertz CT molecular complexity index is 1280. The van der Waals surface area contributed by atoms with Crippen LogP contribution in [-0.2, 0) is 21.0 Å². The number of hydrogen-bond donors (Lipinski definition) is 0. The van der Waals surface area contributed by atoms with Crippen LogP contribution in [0.1, 0.15) is 17.4 Å². The van der Waals surface area contributed by atoms with Crippen LogP contribution >= 0.6 is 15.9 Å². The van der Waals surface area contributed by atoms with E-state index in [0.29, 0.717) is 33.1 Å².